The van der Waals surface area contributed by atoms with Gasteiger partial charge in [0.25, 0.3) is 0 Å². The second-order valence-electron chi connectivity index (χ2n) is 7.26. The van der Waals surface area contributed by atoms with Gasteiger partial charge in [-0.2, -0.15) is 0 Å². The number of likely N-dealkylation sites (N-methyl/N-ethyl adjacent to an activating group) is 1. The Labute approximate surface area is 159 Å². The number of carbonyl (C=O) groups is 2. The molecule has 0 bridgehead atoms. The summed E-state index contributed by atoms with van der Waals surface area (Å²) >= 11 is 1.44. The Morgan fingerprint density at radius 2 is 2.15 bits per heavy atom. The predicted octanol–water partition coefficient (Wildman–Crippen LogP) is 2.49. The molecule has 1 aromatic carbocycles. The van der Waals surface area contributed by atoms with Gasteiger partial charge in [-0.15, -0.1) is 11.8 Å². The Bertz CT molecular complexity index is 639. The number of halogens is 1. The molecular formula is C19H28FN3O2S. The fourth-order valence-corrected chi connectivity index (χ4v) is 4.22. The molecule has 0 radical (unpaired) electrons. The molecule has 2 atom stereocenters. The number of hydrogen-bond acceptors (Lipinski definition) is 4. The fraction of sp³-hybridized carbons (Fsp3) is 0.579. The van der Waals surface area contributed by atoms with Crippen molar-refractivity contribution >= 4 is 23.6 Å². The summed E-state index contributed by atoms with van der Waals surface area (Å²) in [4.78, 5) is 29.0. The highest BCUT2D eigenvalue weighted by Gasteiger charge is 2.41. The summed E-state index contributed by atoms with van der Waals surface area (Å²) in [5.74, 6) is 0.0145. The van der Waals surface area contributed by atoms with E-state index in [2.05, 4.69) is 5.32 Å². The van der Waals surface area contributed by atoms with E-state index in [0.717, 1.165) is 12.1 Å². The van der Waals surface area contributed by atoms with Crippen LogP contribution in [0.2, 0.25) is 0 Å². The quantitative estimate of drug-likeness (QED) is 0.752. The minimum atomic E-state index is -0.548. The summed E-state index contributed by atoms with van der Waals surface area (Å²) in [5.41, 5.74) is 0.718. The van der Waals surface area contributed by atoms with Crippen molar-refractivity contribution in [3.05, 3.63) is 35.6 Å². The van der Waals surface area contributed by atoms with Crippen LogP contribution in [0.15, 0.2) is 24.3 Å². The molecule has 1 N–H and O–H groups in total. The minimum absolute atomic E-state index is 0.0716. The highest BCUT2D eigenvalue weighted by Crippen LogP contribution is 2.41. The molecule has 1 aliphatic rings. The first-order valence-electron chi connectivity index (χ1n) is 8.90. The predicted molar refractivity (Wildman–Crippen MR) is 103 cm³/mol. The van der Waals surface area contributed by atoms with E-state index in [4.69, 9.17) is 0 Å². The van der Waals surface area contributed by atoms with Gasteiger partial charge >= 0.3 is 0 Å². The molecule has 1 saturated heterocycles. The van der Waals surface area contributed by atoms with Crippen LogP contribution >= 0.6 is 11.8 Å². The average Bonchev–Trinajstić information content (AvgIpc) is 2.93. The van der Waals surface area contributed by atoms with Gasteiger partial charge in [-0.05, 0) is 44.1 Å². The van der Waals surface area contributed by atoms with Crippen molar-refractivity contribution in [2.75, 3.05) is 32.9 Å². The topological polar surface area (TPSA) is 52.7 Å². The first-order valence-corrected chi connectivity index (χ1v) is 9.95. The lowest BCUT2D eigenvalue weighted by molar-refractivity contribution is -0.139. The van der Waals surface area contributed by atoms with Crippen LogP contribution in [0.5, 0.6) is 0 Å². The average molecular weight is 382 g/mol. The first-order chi connectivity index (χ1) is 12.3. The van der Waals surface area contributed by atoms with Gasteiger partial charge in [0.2, 0.25) is 11.8 Å². The fourth-order valence-electron chi connectivity index (χ4n) is 3.00. The molecule has 1 heterocycles. The van der Waals surface area contributed by atoms with Crippen LogP contribution in [0.4, 0.5) is 4.39 Å². The Hall–Kier alpha value is -1.60. The molecule has 1 aliphatic heterocycles. The van der Waals surface area contributed by atoms with Crippen molar-refractivity contribution in [1.29, 1.82) is 0 Å². The second kappa shape index (κ2) is 9.37. The van der Waals surface area contributed by atoms with Gasteiger partial charge in [-0.1, -0.05) is 26.0 Å². The van der Waals surface area contributed by atoms with Crippen LogP contribution < -0.4 is 5.32 Å². The van der Waals surface area contributed by atoms with Gasteiger partial charge in [-0.25, -0.2) is 4.39 Å². The van der Waals surface area contributed by atoms with E-state index in [1.54, 1.807) is 11.0 Å². The van der Waals surface area contributed by atoms with E-state index in [1.807, 2.05) is 38.9 Å². The minimum Gasteiger partial charge on any atom is -0.353 e. The third-order valence-corrected chi connectivity index (χ3v) is 5.46. The lowest BCUT2D eigenvalue weighted by atomic mass is 10.0. The first kappa shape index (κ1) is 20.7. The van der Waals surface area contributed by atoms with E-state index in [-0.39, 0.29) is 28.9 Å². The zero-order valence-electron chi connectivity index (χ0n) is 15.9. The molecule has 7 heteroatoms. The van der Waals surface area contributed by atoms with Crippen molar-refractivity contribution in [3.63, 3.8) is 0 Å². The molecule has 2 amide bonds. The van der Waals surface area contributed by atoms with Gasteiger partial charge < -0.3 is 15.1 Å². The van der Waals surface area contributed by atoms with Crippen LogP contribution in [0.25, 0.3) is 0 Å². The molecule has 2 rings (SSSR count). The maximum atomic E-state index is 13.7. The van der Waals surface area contributed by atoms with Crippen LogP contribution in [0.1, 0.15) is 31.2 Å². The van der Waals surface area contributed by atoms with Crippen molar-refractivity contribution < 1.29 is 14.0 Å². The van der Waals surface area contributed by atoms with Gasteiger partial charge in [0.1, 0.15) is 17.2 Å². The number of nitrogens with one attached hydrogen (secondary N) is 1. The van der Waals surface area contributed by atoms with Crippen LogP contribution in [-0.4, -0.2) is 60.6 Å². The van der Waals surface area contributed by atoms with Crippen molar-refractivity contribution in [2.45, 2.75) is 31.7 Å². The SMILES string of the molecule is CC(C)C[C@@H](C(=O)NCCN(C)C)N1C(=O)CS[C@@H]1c1cccc(F)c1. The van der Waals surface area contributed by atoms with Crippen molar-refractivity contribution in [3.8, 4) is 0 Å². The third-order valence-electron chi connectivity index (χ3n) is 4.23. The molecule has 26 heavy (non-hydrogen) atoms. The number of nitrogens with zero attached hydrogens (tertiary/aromatic N) is 2. The van der Waals surface area contributed by atoms with E-state index in [1.165, 1.54) is 23.9 Å². The van der Waals surface area contributed by atoms with E-state index in [0.29, 0.717) is 18.7 Å². The van der Waals surface area contributed by atoms with Crippen LogP contribution in [0, 0.1) is 11.7 Å². The Kier molecular flexibility index (Phi) is 7.46. The normalized spacial score (nSPS) is 18.7. The number of rotatable bonds is 8. The molecule has 0 aromatic heterocycles. The molecule has 1 fully saturated rings. The molecule has 0 unspecified atom stereocenters. The van der Waals surface area contributed by atoms with E-state index >= 15 is 0 Å². The third kappa shape index (κ3) is 5.45. The maximum Gasteiger partial charge on any atom is 0.242 e. The van der Waals surface area contributed by atoms with Gasteiger partial charge in [-0.3, -0.25) is 9.59 Å². The molecule has 0 saturated carbocycles. The molecule has 5 nitrogen and oxygen atoms in total. The molecule has 0 aliphatic carbocycles. The summed E-state index contributed by atoms with van der Waals surface area (Å²) in [6, 6.07) is 5.73. The summed E-state index contributed by atoms with van der Waals surface area (Å²) in [6.07, 6.45) is 0.575. The number of thioether (sulfide) groups is 1. The number of amides is 2. The number of hydrogen-bond donors (Lipinski definition) is 1. The van der Waals surface area contributed by atoms with E-state index < -0.39 is 6.04 Å². The molecular weight excluding hydrogens is 353 g/mol. The van der Waals surface area contributed by atoms with Crippen molar-refractivity contribution in [1.82, 2.24) is 15.1 Å². The highest BCUT2D eigenvalue weighted by atomic mass is 32.2. The van der Waals surface area contributed by atoms with Gasteiger partial charge in [0, 0.05) is 13.1 Å². The molecule has 144 valence electrons. The Morgan fingerprint density at radius 3 is 2.77 bits per heavy atom. The lowest BCUT2D eigenvalue weighted by Gasteiger charge is -2.33. The zero-order chi connectivity index (χ0) is 19.3. The highest BCUT2D eigenvalue weighted by molar-refractivity contribution is 8.00. The van der Waals surface area contributed by atoms with Crippen LogP contribution in [0.3, 0.4) is 0 Å². The summed E-state index contributed by atoms with van der Waals surface area (Å²) in [5, 5.41) is 2.61. The standard InChI is InChI=1S/C19H28FN3O2S/c1-13(2)10-16(18(25)21-8-9-22(3)4)23-17(24)12-26-19(23)14-6-5-7-15(20)11-14/h5-7,11,13,16,19H,8-10,12H2,1-4H3,(H,21,25)/t16-,19+/m0/s1. The van der Waals surface area contributed by atoms with E-state index in [9.17, 15) is 14.0 Å². The smallest absolute Gasteiger partial charge is 0.242 e. The molecule has 1 aromatic rings. The zero-order valence-corrected chi connectivity index (χ0v) is 16.7. The second-order valence-corrected chi connectivity index (χ2v) is 8.33. The number of carbonyl (C=O) groups excluding carboxylic acids is 2. The van der Waals surface area contributed by atoms with Crippen LogP contribution in [-0.2, 0) is 9.59 Å². The molecule has 0 spiro atoms. The maximum absolute atomic E-state index is 13.7. The van der Waals surface area contributed by atoms with Crippen molar-refractivity contribution in [2.24, 2.45) is 5.92 Å². The Balaban J connectivity index is 2.22. The number of benzene rings is 1. The largest absolute Gasteiger partial charge is 0.353 e. The monoisotopic (exact) mass is 381 g/mol. The summed E-state index contributed by atoms with van der Waals surface area (Å²) in [6.45, 7) is 5.33. The lowest BCUT2D eigenvalue weighted by Crippen LogP contribution is -2.50. The summed E-state index contributed by atoms with van der Waals surface area (Å²) in [7, 11) is 3.89. The van der Waals surface area contributed by atoms with Gasteiger partial charge in [0.05, 0.1) is 5.75 Å². The Morgan fingerprint density at radius 1 is 1.42 bits per heavy atom. The summed E-state index contributed by atoms with van der Waals surface area (Å²) < 4.78 is 13.7. The van der Waals surface area contributed by atoms with Gasteiger partial charge in [0.15, 0.2) is 0 Å².